The number of rotatable bonds is 6. The second-order valence-corrected chi connectivity index (χ2v) is 9.02. The molecule has 1 fully saturated rings. The summed E-state index contributed by atoms with van der Waals surface area (Å²) in [4.78, 5) is 11.0. The lowest BCUT2D eigenvalue weighted by Gasteiger charge is -2.22. The Bertz CT molecular complexity index is 622. The molecule has 9 heteroatoms. The Labute approximate surface area is 135 Å². The second kappa shape index (κ2) is 6.74. The van der Waals surface area contributed by atoms with E-state index in [1.165, 1.54) is 10.4 Å². The molecule has 2 rings (SSSR count). The quantitative estimate of drug-likeness (QED) is 0.795. The van der Waals surface area contributed by atoms with Crippen molar-refractivity contribution in [2.24, 2.45) is 5.92 Å². The van der Waals surface area contributed by atoms with Crippen LogP contribution in [-0.4, -0.2) is 50.1 Å². The van der Waals surface area contributed by atoms with Gasteiger partial charge in [-0.25, -0.2) is 13.2 Å². The predicted octanol–water partition coefficient (Wildman–Crippen LogP) is 2.26. The number of ether oxygens (including phenoxy) is 1. The number of carbonyl (C=O) groups is 1. The van der Waals surface area contributed by atoms with Crippen LogP contribution in [0.2, 0.25) is 0 Å². The van der Waals surface area contributed by atoms with Crippen LogP contribution >= 0.6 is 27.3 Å². The fraction of sp³-hybridized carbons (Fsp3) is 0.583. The lowest BCUT2D eigenvalue weighted by Crippen LogP contribution is -2.35. The van der Waals surface area contributed by atoms with E-state index >= 15 is 0 Å². The molecule has 1 unspecified atom stereocenters. The van der Waals surface area contributed by atoms with Crippen LogP contribution in [0.25, 0.3) is 0 Å². The normalized spacial score (nSPS) is 19.3. The average molecular weight is 398 g/mol. The number of carboxylic acids is 1. The molecule has 0 amide bonds. The molecule has 1 atom stereocenters. The number of nitrogens with zero attached hydrogens (tertiary/aromatic N) is 1. The molecule has 1 aromatic rings. The van der Waals surface area contributed by atoms with Gasteiger partial charge in [0.15, 0.2) is 0 Å². The van der Waals surface area contributed by atoms with Crippen LogP contribution in [0.3, 0.4) is 0 Å². The smallest absolute Gasteiger partial charge is 0.345 e. The van der Waals surface area contributed by atoms with E-state index < -0.39 is 16.0 Å². The van der Waals surface area contributed by atoms with E-state index in [0.717, 1.165) is 17.8 Å². The van der Waals surface area contributed by atoms with Crippen LogP contribution in [0.4, 0.5) is 0 Å². The van der Waals surface area contributed by atoms with Gasteiger partial charge in [-0.3, -0.25) is 0 Å². The van der Waals surface area contributed by atoms with Crippen LogP contribution in [0.15, 0.2) is 14.7 Å². The van der Waals surface area contributed by atoms with Crippen LogP contribution < -0.4 is 0 Å². The molecule has 0 radical (unpaired) electrons. The molecule has 1 aliphatic heterocycles. The Kier molecular flexibility index (Phi) is 5.42. The molecule has 118 valence electrons. The van der Waals surface area contributed by atoms with Gasteiger partial charge >= 0.3 is 5.97 Å². The molecule has 0 bridgehead atoms. The zero-order valence-corrected chi connectivity index (χ0v) is 14.6. The molecule has 1 aromatic heterocycles. The summed E-state index contributed by atoms with van der Waals surface area (Å²) in [5.41, 5.74) is 0. The molecule has 6 nitrogen and oxygen atoms in total. The first-order valence-electron chi connectivity index (χ1n) is 6.46. The van der Waals surface area contributed by atoms with Gasteiger partial charge in [0.1, 0.15) is 9.77 Å². The summed E-state index contributed by atoms with van der Waals surface area (Å²) in [6.45, 7) is 3.73. The van der Waals surface area contributed by atoms with E-state index in [1.807, 2.05) is 0 Å². The van der Waals surface area contributed by atoms with E-state index in [0.29, 0.717) is 30.1 Å². The molecule has 21 heavy (non-hydrogen) atoms. The van der Waals surface area contributed by atoms with Gasteiger partial charge in [0.25, 0.3) is 0 Å². The monoisotopic (exact) mass is 397 g/mol. The summed E-state index contributed by atoms with van der Waals surface area (Å²) in [6.07, 6.45) is 0.844. The van der Waals surface area contributed by atoms with Crippen molar-refractivity contribution >= 4 is 43.3 Å². The number of halogens is 1. The van der Waals surface area contributed by atoms with Crippen molar-refractivity contribution in [1.82, 2.24) is 4.31 Å². The molecular weight excluding hydrogens is 382 g/mol. The molecule has 1 saturated heterocycles. The fourth-order valence-electron chi connectivity index (χ4n) is 2.18. The Morgan fingerprint density at radius 1 is 1.62 bits per heavy atom. The van der Waals surface area contributed by atoms with Crippen molar-refractivity contribution in [3.63, 3.8) is 0 Å². The zero-order valence-electron chi connectivity index (χ0n) is 11.4. The third kappa shape index (κ3) is 3.65. The number of aromatic carboxylic acids is 1. The first-order valence-corrected chi connectivity index (χ1v) is 9.51. The molecule has 0 aliphatic carbocycles. The minimum atomic E-state index is -3.70. The Hall–Kier alpha value is -0.480. The van der Waals surface area contributed by atoms with Crippen molar-refractivity contribution in [3.8, 4) is 0 Å². The van der Waals surface area contributed by atoms with Gasteiger partial charge in [0.2, 0.25) is 10.0 Å². The van der Waals surface area contributed by atoms with Crippen LogP contribution in [0, 0.1) is 5.92 Å². The maximum atomic E-state index is 12.7. The van der Waals surface area contributed by atoms with Crippen molar-refractivity contribution in [1.29, 1.82) is 0 Å². The summed E-state index contributed by atoms with van der Waals surface area (Å²) in [7, 11) is -3.70. The first kappa shape index (κ1) is 16.9. The molecule has 0 spiro atoms. The van der Waals surface area contributed by atoms with Crippen LogP contribution in [0.1, 0.15) is 23.0 Å². The summed E-state index contributed by atoms with van der Waals surface area (Å²) in [6, 6.07) is 1.21. The highest BCUT2D eigenvalue weighted by Gasteiger charge is 2.31. The molecular formula is C12H16BrNO5S2. The number of carboxylic acid groups (broad SMARTS) is 1. The van der Waals surface area contributed by atoms with E-state index in [9.17, 15) is 13.2 Å². The minimum Gasteiger partial charge on any atom is -0.477 e. The first-order chi connectivity index (χ1) is 9.86. The fourth-order valence-corrected chi connectivity index (χ4v) is 6.06. The SMILES string of the molecule is CCN(CC1CCOC1)S(=O)(=O)c1cc(C(=O)O)sc1Br. The summed E-state index contributed by atoms with van der Waals surface area (Å²) in [5.74, 6) is -0.939. The van der Waals surface area contributed by atoms with Crippen molar-refractivity contribution < 1.29 is 23.1 Å². The highest BCUT2D eigenvalue weighted by atomic mass is 79.9. The summed E-state index contributed by atoms with van der Waals surface area (Å²) < 4.78 is 32.3. The highest BCUT2D eigenvalue weighted by molar-refractivity contribution is 9.11. The van der Waals surface area contributed by atoms with Gasteiger partial charge in [0.05, 0.1) is 10.4 Å². The van der Waals surface area contributed by atoms with Crippen LogP contribution in [-0.2, 0) is 14.8 Å². The van der Waals surface area contributed by atoms with E-state index in [1.54, 1.807) is 6.92 Å². The molecule has 1 N–H and O–H groups in total. The van der Waals surface area contributed by atoms with Crippen molar-refractivity contribution in [2.45, 2.75) is 18.2 Å². The number of hydrogen-bond donors (Lipinski definition) is 1. The third-order valence-corrected chi connectivity index (χ3v) is 7.50. The summed E-state index contributed by atoms with van der Waals surface area (Å²) >= 11 is 4.06. The van der Waals surface area contributed by atoms with E-state index in [2.05, 4.69) is 15.9 Å². The third-order valence-electron chi connectivity index (χ3n) is 3.32. The maximum Gasteiger partial charge on any atom is 0.345 e. The van der Waals surface area contributed by atoms with Gasteiger partial charge in [-0.1, -0.05) is 6.92 Å². The van der Waals surface area contributed by atoms with Gasteiger partial charge in [-0.05, 0) is 34.3 Å². The Morgan fingerprint density at radius 2 is 2.33 bits per heavy atom. The molecule has 1 aliphatic rings. The lowest BCUT2D eigenvalue weighted by molar-refractivity contribution is 0.0702. The standard InChI is InChI=1S/C12H16BrNO5S2/c1-2-14(6-8-3-4-19-7-8)21(17,18)10-5-9(12(15)16)20-11(10)13/h5,8H,2-4,6-7H2,1H3,(H,15,16). The van der Waals surface area contributed by atoms with Crippen LogP contribution in [0.5, 0.6) is 0 Å². The maximum absolute atomic E-state index is 12.7. The van der Waals surface area contributed by atoms with E-state index in [-0.39, 0.29) is 15.7 Å². The molecule has 0 saturated carbocycles. The number of hydrogen-bond acceptors (Lipinski definition) is 5. The average Bonchev–Trinajstić information content (AvgIpc) is 3.04. The van der Waals surface area contributed by atoms with Gasteiger partial charge in [-0.15, -0.1) is 11.3 Å². The second-order valence-electron chi connectivity index (χ2n) is 4.74. The topological polar surface area (TPSA) is 83.9 Å². The van der Waals surface area contributed by atoms with Gasteiger partial charge < -0.3 is 9.84 Å². The largest absolute Gasteiger partial charge is 0.477 e. The highest BCUT2D eigenvalue weighted by Crippen LogP contribution is 2.34. The van der Waals surface area contributed by atoms with Gasteiger partial charge in [-0.2, -0.15) is 4.31 Å². The Balaban J connectivity index is 2.27. The van der Waals surface area contributed by atoms with E-state index in [4.69, 9.17) is 9.84 Å². The minimum absolute atomic E-state index is 0.000651. The number of sulfonamides is 1. The van der Waals surface area contributed by atoms with Gasteiger partial charge in [0, 0.05) is 19.7 Å². The van der Waals surface area contributed by atoms with Crippen molar-refractivity contribution in [2.75, 3.05) is 26.3 Å². The number of thiophene rings is 1. The summed E-state index contributed by atoms with van der Waals surface area (Å²) in [5, 5.41) is 8.98. The predicted molar refractivity (Wildman–Crippen MR) is 82.3 cm³/mol. The Morgan fingerprint density at radius 3 is 2.81 bits per heavy atom. The van der Waals surface area contributed by atoms with Crippen molar-refractivity contribution in [3.05, 3.63) is 14.7 Å². The lowest BCUT2D eigenvalue weighted by atomic mass is 10.1. The molecule has 0 aromatic carbocycles. The zero-order chi connectivity index (χ0) is 15.6. The molecule has 2 heterocycles.